The smallest absolute Gasteiger partial charge is 0.261 e. The molecule has 2 heterocycles. The van der Waals surface area contributed by atoms with Crippen LogP contribution in [0.3, 0.4) is 0 Å². The van der Waals surface area contributed by atoms with Crippen molar-refractivity contribution in [2.45, 2.75) is 24.2 Å². The van der Waals surface area contributed by atoms with Crippen molar-refractivity contribution in [2.24, 2.45) is 0 Å². The lowest BCUT2D eigenvalue weighted by Gasteiger charge is -2.22. The molecule has 0 bridgehead atoms. The first kappa shape index (κ1) is 22.7. The van der Waals surface area contributed by atoms with Crippen LogP contribution in [0.25, 0.3) is 0 Å². The van der Waals surface area contributed by atoms with Crippen LogP contribution in [-0.4, -0.2) is 24.2 Å². The zero-order valence-corrected chi connectivity index (χ0v) is 19.4. The highest BCUT2D eigenvalue weighted by Crippen LogP contribution is 2.32. The Kier molecular flexibility index (Phi) is 6.05. The van der Waals surface area contributed by atoms with Gasteiger partial charge in [0.25, 0.3) is 10.0 Å². The van der Waals surface area contributed by atoms with Gasteiger partial charge in [-0.15, -0.1) is 0 Å². The molecule has 0 fully saturated rings. The molecule has 0 unspecified atom stereocenters. The van der Waals surface area contributed by atoms with E-state index in [0.29, 0.717) is 16.3 Å². The Morgan fingerprint density at radius 2 is 1.70 bits per heavy atom. The number of anilines is 1. The Morgan fingerprint density at radius 3 is 2.33 bits per heavy atom. The summed E-state index contributed by atoms with van der Waals surface area (Å²) in [6.07, 6.45) is 5.97. The van der Waals surface area contributed by atoms with E-state index in [1.54, 1.807) is 30.5 Å². The van der Waals surface area contributed by atoms with Gasteiger partial charge in [-0.25, -0.2) is 13.4 Å². The Balaban J connectivity index is 1.64. The van der Waals surface area contributed by atoms with Crippen LogP contribution in [0.4, 0.5) is 5.69 Å². The molecule has 2 aromatic heterocycles. The minimum Gasteiger partial charge on any atom is -0.448 e. The van der Waals surface area contributed by atoms with Crippen LogP contribution in [-0.2, 0) is 15.4 Å². The van der Waals surface area contributed by atoms with Crippen molar-refractivity contribution in [2.75, 3.05) is 4.72 Å². The number of sulfonamides is 1. The molecule has 0 aliphatic heterocycles. The molecule has 4 rings (SSSR count). The van der Waals surface area contributed by atoms with Gasteiger partial charge in [0.2, 0.25) is 0 Å². The lowest BCUT2D eigenvalue weighted by atomic mass is 9.83. The predicted molar refractivity (Wildman–Crippen MR) is 125 cm³/mol. The fourth-order valence-electron chi connectivity index (χ4n) is 3.37. The number of carbonyl (C=O) groups is 1. The second-order valence-corrected chi connectivity index (χ2v) is 9.99. The highest BCUT2D eigenvalue weighted by atomic mass is 35.5. The van der Waals surface area contributed by atoms with E-state index in [1.807, 2.05) is 13.8 Å². The molecule has 0 spiro atoms. The van der Waals surface area contributed by atoms with Gasteiger partial charge in [0.05, 0.1) is 16.8 Å². The van der Waals surface area contributed by atoms with E-state index in [4.69, 9.17) is 16.0 Å². The van der Waals surface area contributed by atoms with Crippen molar-refractivity contribution in [3.8, 4) is 0 Å². The Labute approximate surface area is 196 Å². The number of benzene rings is 2. The number of hydrogen-bond acceptors (Lipinski definition) is 6. The largest absolute Gasteiger partial charge is 0.448 e. The third-order valence-corrected chi connectivity index (χ3v) is 6.96. The van der Waals surface area contributed by atoms with E-state index in [1.165, 1.54) is 49.1 Å². The van der Waals surface area contributed by atoms with Crippen molar-refractivity contribution in [3.63, 3.8) is 0 Å². The number of ketones is 1. The number of nitrogens with one attached hydrogen (secondary N) is 1. The van der Waals surface area contributed by atoms with E-state index >= 15 is 0 Å². The topological polar surface area (TPSA) is 102 Å². The number of pyridine rings is 1. The summed E-state index contributed by atoms with van der Waals surface area (Å²) in [6, 6.07) is 14.0. The van der Waals surface area contributed by atoms with Crippen LogP contribution < -0.4 is 4.72 Å². The van der Waals surface area contributed by atoms with Gasteiger partial charge >= 0.3 is 0 Å². The summed E-state index contributed by atoms with van der Waals surface area (Å²) in [7, 11) is -3.97. The number of halogens is 1. The van der Waals surface area contributed by atoms with Crippen LogP contribution in [0.1, 0.15) is 41.1 Å². The van der Waals surface area contributed by atoms with Crippen molar-refractivity contribution < 1.29 is 17.6 Å². The predicted octanol–water partition coefficient (Wildman–Crippen LogP) is 5.08. The summed E-state index contributed by atoms with van der Waals surface area (Å²) in [4.78, 5) is 20.9. The minimum atomic E-state index is -3.97. The van der Waals surface area contributed by atoms with E-state index in [-0.39, 0.29) is 21.9 Å². The molecular weight excluding hydrogens is 462 g/mol. The number of hydrogen-bond donors (Lipinski definition) is 1. The first-order chi connectivity index (χ1) is 15.7. The van der Waals surface area contributed by atoms with Crippen LogP contribution in [0.2, 0.25) is 5.02 Å². The van der Waals surface area contributed by atoms with Gasteiger partial charge in [-0.2, -0.15) is 0 Å². The average molecular weight is 482 g/mol. The van der Waals surface area contributed by atoms with Gasteiger partial charge < -0.3 is 4.42 Å². The van der Waals surface area contributed by atoms with Gasteiger partial charge in [0.1, 0.15) is 5.76 Å². The molecular formula is C24H20ClN3O4S. The Bertz CT molecular complexity index is 1390. The van der Waals surface area contributed by atoms with Gasteiger partial charge in [0.15, 0.2) is 12.2 Å². The molecule has 168 valence electrons. The number of aromatic nitrogens is 2. The second kappa shape index (κ2) is 8.80. The van der Waals surface area contributed by atoms with E-state index < -0.39 is 15.4 Å². The van der Waals surface area contributed by atoms with Crippen LogP contribution in [0.5, 0.6) is 0 Å². The number of nitrogens with zero attached hydrogens (tertiary/aromatic N) is 2. The van der Waals surface area contributed by atoms with Crippen LogP contribution in [0.15, 0.2) is 88.9 Å². The summed E-state index contributed by atoms with van der Waals surface area (Å²) in [6.45, 7) is 3.92. The molecule has 0 saturated heterocycles. The number of carbonyl (C=O) groups excluding carboxylic acids is 1. The molecule has 1 N–H and O–H groups in total. The molecule has 7 nitrogen and oxygen atoms in total. The van der Waals surface area contributed by atoms with Crippen molar-refractivity contribution in [1.82, 2.24) is 9.97 Å². The lowest BCUT2D eigenvalue weighted by molar-refractivity contribution is 0.103. The third-order valence-electron chi connectivity index (χ3n) is 5.35. The van der Waals surface area contributed by atoms with Crippen molar-refractivity contribution in [3.05, 3.63) is 107 Å². The highest BCUT2D eigenvalue weighted by molar-refractivity contribution is 7.92. The van der Waals surface area contributed by atoms with Gasteiger partial charge in [0, 0.05) is 34.0 Å². The standard InChI is InChI=1S/C24H20ClN3O4S/c1-24(2,22-14-27-15-32-22)17-3-6-19(7-4-17)33(30,31)28-21-8-5-18(25)13-20(21)23(29)16-9-11-26-12-10-16/h3-15,28H,1-2H3. The maximum Gasteiger partial charge on any atom is 0.261 e. The first-order valence-electron chi connectivity index (χ1n) is 9.95. The zero-order chi connectivity index (χ0) is 23.6. The summed E-state index contributed by atoms with van der Waals surface area (Å²) < 4.78 is 34.1. The SMILES string of the molecule is CC(C)(c1ccc(S(=O)(=O)Nc2ccc(Cl)cc2C(=O)c2ccncc2)cc1)c1cnco1. The molecule has 0 saturated carbocycles. The van der Waals surface area contributed by atoms with Gasteiger partial charge in [-0.05, 0) is 61.9 Å². The zero-order valence-electron chi connectivity index (χ0n) is 17.8. The van der Waals surface area contributed by atoms with E-state index in [0.717, 1.165) is 5.56 Å². The van der Waals surface area contributed by atoms with Crippen LogP contribution in [0, 0.1) is 0 Å². The van der Waals surface area contributed by atoms with Crippen molar-refractivity contribution in [1.29, 1.82) is 0 Å². The third kappa shape index (κ3) is 4.67. The monoisotopic (exact) mass is 481 g/mol. The molecule has 0 aliphatic carbocycles. The van der Waals surface area contributed by atoms with Crippen LogP contribution >= 0.6 is 11.6 Å². The molecule has 2 aromatic carbocycles. The molecule has 0 atom stereocenters. The van der Waals surface area contributed by atoms with Crippen molar-refractivity contribution >= 4 is 33.1 Å². The molecule has 9 heteroatoms. The Morgan fingerprint density at radius 1 is 1.00 bits per heavy atom. The summed E-state index contributed by atoms with van der Waals surface area (Å²) in [5, 5.41) is 0.314. The average Bonchev–Trinajstić information content (AvgIpc) is 3.36. The maximum atomic E-state index is 13.1. The second-order valence-electron chi connectivity index (χ2n) is 7.88. The normalized spacial score (nSPS) is 11.8. The minimum absolute atomic E-state index is 0.0527. The van der Waals surface area contributed by atoms with Gasteiger partial charge in [-0.1, -0.05) is 23.7 Å². The molecule has 4 aromatic rings. The quantitative estimate of drug-likeness (QED) is 0.369. The number of oxazole rings is 1. The fourth-order valence-corrected chi connectivity index (χ4v) is 4.63. The summed E-state index contributed by atoms with van der Waals surface area (Å²) >= 11 is 6.09. The molecule has 0 amide bonds. The summed E-state index contributed by atoms with van der Waals surface area (Å²) in [5.74, 6) is 0.290. The molecule has 0 aliphatic rings. The van der Waals surface area contributed by atoms with E-state index in [9.17, 15) is 13.2 Å². The highest BCUT2D eigenvalue weighted by Gasteiger charge is 2.27. The first-order valence-corrected chi connectivity index (χ1v) is 11.8. The molecule has 0 radical (unpaired) electrons. The molecule has 33 heavy (non-hydrogen) atoms. The fraction of sp³-hybridized carbons (Fsp3) is 0.125. The van der Waals surface area contributed by atoms with Gasteiger partial charge in [-0.3, -0.25) is 14.5 Å². The summed E-state index contributed by atoms with van der Waals surface area (Å²) in [5.41, 5.74) is 1.00. The maximum absolute atomic E-state index is 13.1. The lowest BCUT2D eigenvalue weighted by Crippen LogP contribution is -2.19. The Hall–Kier alpha value is -3.49. The number of rotatable bonds is 7. The van der Waals surface area contributed by atoms with E-state index in [2.05, 4.69) is 14.7 Å².